The fourth-order valence-corrected chi connectivity index (χ4v) is 4.59. The number of aliphatic carboxylic acids is 1. The number of thioether (sulfide) groups is 1. The maximum Gasteiger partial charge on any atom is 0.415 e. The number of likely N-dealkylation sites (tertiary alicyclic amines) is 1. The molecule has 1 saturated heterocycles. The van der Waals surface area contributed by atoms with Gasteiger partial charge < -0.3 is 19.5 Å². The van der Waals surface area contributed by atoms with Crippen LogP contribution in [0, 0.1) is 19.8 Å². The van der Waals surface area contributed by atoms with Gasteiger partial charge in [-0.25, -0.2) is 9.59 Å². The van der Waals surface area contributed by atoms with Crippen molar-refractivity contribution >= 4 is 41.2 Å². The van der Waals surface area contributed by atoms with Crippen molar-refractivity contribution in [1.29, 1.82) is 0 Å². The number of halogens is 1. The van der Waals surface area contributed by atoms with Crippen LogP contribution < -0.4 is 9.47 Å². The van der Waals surface area contributed by atoms with Gasteiger partial charge in [0.15, 0.2) is 11.4 Å². The molecular weight excluding hydrogens is 550 g/mol. The molecule has 0 aromatic heterocycles. The van der Waals surface area contributed by atoms with Crippen LogP contribution in [0.5, 0.6) is 11.5 Å². The Bertz CT molecular complexity index is 1320. The molecule has 1 unspecified atom stereocenters. The van der Waals surface area contributed by atoms with E-state index in [2.05, 4.69) is 0 Å². The lowest BCUT2D eigenvalue weighted by Crippen LogP contribution is -2.38. The minimum Gasteiger partial charge on any atom is -0.478 e. The molecule has 7 nitrogen and oxygen atoms in total. The van der Waals surface area contributed by atoms with Crippen molar-refractivity contribution in [3.8, 4) is 11.5 Å². The number of carboxylic acids is 1. The Morgan fingerprint density at radius 3 is 2.12 bits per heavy atom. The molecule has 0 spiro atoms. The Balaban J connectivity index is 0.000000252. The SMILES string of the molecule is CSc1ccc(C(=O)C2CCN(C(=O)Oc3ccc(Cl)cc3)C2)cc1.Cc1cccc(C)c1OC(C)(C)C(=O)O. The van der Waals surface area contributed by atoms with Gasteiger partial charge in [0.2, 0.25) is 0 Å². The number of carbonyl (C=O) groups excluding carboxylic acids is 2. The summed E-state index contributed by atoms with van der Waals surface area (Å²) in [6, 6.07) is 19.9. The number of ketones is 1. The first-order chi connectivity index (χ1) is 18.9. The van der Waals surface area contributed by atoms with Crippen LogP contribution in [0.15, 0.2) is 71.6 Å². The number of hydrogen-bond donors (Lipinski definition) is 1. The van der Waals surface area contributed by atoms with Crippen molar-refractivity contribution in [3.05, 3.63) is 88.4 Å². The van der Waals surface area contributed by atoms with E-state index in [1.807, 2.05) is 62.6 Å². The Hall–Kier alpha value is -3.49. The molecule has 1 amide bonds. The normalized spacial score (nSPS) is 14.7. The molecule has 1 aliphatic rings. The van der Waals surface area contributed by atoms with Gasteiger partial charge in [-0.3, -0.25) is 4.79 Å². The average molecular weight is 584 g/mol. The summed E-state index contributed by atoms with van der Waals surface area (Å²) >= 11 is 7.46. The summed E-state index contributed by atoms with van der Waals surface area (Å²) in [5.74, 6) is 0.0271. The highest BCUT2D eigenvalue weighted by molar-refractivity contribution is 7.98. The second-order valence-electron chi connectivity index (χ2n) is 9.98. The number of rotatable bonds is 7. The van der Waals surface area contributed by atoms with Crippen LogP contribution in [0.4, 0.5) is 4.79 Å². The molecule has 40 heavy (non-hydrogen) atoms. The van der Waals surface area contributed by atoms with Crippen LogP contribution in [-0.2, 0) is 4.79 Å². The van der Waals surface area contributed by atoms with Gasteiger partial charge in [0.1, 0.15) is 11.5 Å². The second-order valence-corrected chi connectivity index (χ2v) is 11.3. The van der Waals surface area contributed by atoms with Crippen molar-refractivity contribution in [1.82, 2.24) is 4.90 Å². The van der Waals surface area contributed by atoms with Crippen LogP contribution in [0.2, 0.25) is 5.02 Å². The van der Waals surface area contributed by atoms with E-state index in [1.54, 1.807) is 54.8 Å². The van der Waals surface area contributed by atoms with Crippen molar-refractivity contribution in [2.75, 3.05) is 19.3 Å². The van der Waals surface area contributed by atoms with Crippen LogP contribution >= 0.6 is 23.4 Å². The highest BCUT2D eigenvalue weighted by Crippen LogP contribution is 2.27. The van der Waals surface area contributed by atoms with Crippen molar-refractivity contribution in [2.24, 2.45) is 5.92 Å². The number of benzene rings is 3. The zero-order valence-electron chi connectivity index (χ0n) is 23.3. The molecule has 9 heteroatoms. The monoisotopic (exact) mass is 583 g/mol. The fourth-order valence-electron chi connectivity index (χ4n) is 4.06. The maximum absolute atomic E-state index is 12.6. The van der Waals surface area contributed by atoms with E-state index in [1.165, 1.54) is 0 Å². The third-order valence-corrected chi connectivity index (χ3v) is 7.49. The molecule has 0 bridgehead atoms. The van der Waals surface area contributed by atoms with Gasteiger partial charge >= 0.3 is 12.1 Å². The van der Waals surface area contributed by atoms with Crippen LogP contribution in [0.25, 0.3) is 0 Å². The topological polar surface area (TPSA) is 93.1 Å². The van der Waals surface area contributed by atoms with Crippen molar-refractivity contribution in [2.45, 2.75) is 44.6 Å². The molecule has 1 heterocycles. The summed E-state index contributed by atoms with van der Waals surface area (Å²) in [7, 11) is 0. The molecule has 3 aromatic rings. The van der Waals surface area contributed by atoms with Crippen LogP contribution in [0.3, 0.4) is 0 Å². The highest BCUT2D eigenvalue weighted by atomic mass is 35.5. The van der Waals surface area contributed by atoms with Crippen molar-refractivity contribution < 1.29 is 29.0 Å². The van der Waals surface area contributed by atoms with Crippen LogP contribution in [0.1, 0.15) is 41.8 Å². The Labute approximate surface area is 244 Å². The first-order valence-electron chi connectivity index (χ1n) is 12.8. The summed E-state index contributed by atoms with van der Waals surface area (Å²) in [6.07, 6.45) is 2.21. The quantitative estimate of drug-likeness (QED) is 0.230. The number of para-hydroxylation sites is 1. The molecule has 0 radical (unpaired) electrons. The number of aryl methyl sites for hydroxylation is 2. The van der Waals surface area contributed by atoms with E-state index in [9.17, 15) is 14.4 Å². The molecule has 0 saturated carbocycles. The number of Topliss-reactive ketones (excluding diaryl/α,β-unsaturated/α-hetero) is 1. The third-order valence-electron chi connectivity index (χ3n) is 6.49. The minimum atomic E-state index is -1.20. The predicted molar refractivity (Wildman–Crippen MR) is 158 cm³/mol. The zero-order valence-corrected chi connectivity index (χ0v) is 24.8. The van der Waals surface area contributed by atoms with E-state index in [4.69, 9.17) is 26.2 Å². The number of hydrogen-bond acceptors (Lipinski definition) is 6. The van der Waals surface area contributed by atoms with Gasteiger partial charge in [0, 0.05) is 34.5 Å². The van der Waals surface area contributed by atoms with Gasteiger partial charge in [-0.05, 0) is 87.9 Å². The summed E-state index contributed by atoms with van der Waals surface area (Å²) in [4.78, 5) is 38.5. The second kappa shape index (κ2) is 13.7. The fraction of sp³-hybridized carbons (Fsp3) is 0.323. The van der Waals surface area contributed by atoms with E-state index in [0.29, 0.717) is 41.6 Å². The van der Waals surface area contributed by atoms with Gasteiger partial charge in [-0.2, -0.15) is 0 Å². The number of nitrogens with zero attached hydrogens (tertiary/aromatic N) is 1. The van der Waals surface area contributed by atoms with Gasteiger partial charge in [-0.1, -0.05) is 41.9 Å². The molecule has 212 valence electrons. The zero-order chi connectivity index (χ0) is 29.4. The largest absolute Gasteiger partial charge is 0.478 e. The standard InChI is InChI=1S/C19H18ClNO3S.C12H16O3/c1-25-17-8-2-13(3-9-17)18(22)14-10-11-21(12-14)19(23)24-16-6-4-15(20)5-7-16;1-8-6-5-7-9(2)10(8)15-12(3,4)11(13)14/h2-9,14H,10-12H2,1H3;5-7H,1-4H3,(H,13,14). The predicted octanol–water partition coefficient (Wildman–Crippen LogP) is 7.31. The summed E-state index contributed by atoms with van der Waals surface area (Å²) in [6.45, 7) is 7.80. The van der Waals surface area contributed by atoms with Gasteiger partial charge in [0.05, 0.1) is 0 Å². The van der Waals surface area contributed by atoms with E-state index < -0.39 is 17.7 Å². The Morgan fingerprint density at radius 1 is 0.975 bits per heavy atom. The summed E-state index contributed by atoms with van der Waals surface area (Å²) in [5, 5.41) is 9.54. The highest BCUT2D eigenvalue weighted by Gasteiger charge is 2.33. The van der Waals surface area contributed by atoms with E-state index in [-0.39, 0.29) is 11.7 Å². The molecular formula is C31H34ClNO6S. The number of carbonyl (C=O) groups is 3. The average Bonchev–Trinajstić information content (AvgIpc) is 3.43. The molecule has 1 N–H and O–H groups in total. The number of ether oxygens (including phenoxy) is 2. The lowest BCUT2D eigenvalue weighted by Gasteiger charge is -2.23. The Kier molecular flexibility index (Phi) is 10.7. The summed E-state index contributed by atoms with van der Waals surface area (Å²) in [5.41, 5.74) is 1.39. The number of carboxylic acid groups (broad SMARTS) is 1. The lowest BCUT2D eigenvalue weighted by molar-refractivity contribution is -0.152. The van der Waals surface area contributed by atoms with Gasteiger partial charge in [0.25, 0.3) is 0 Å². The minimum absolute atomic E-state index is 0.0782. The van der Waals surface area contributed by atoms with Crippen molar-refractivity contribution in [3.63, 3.8) is 0 Å². The van der Waals surface area contributed by atoms with Crippen LogP contribution in [-0.4, -0.2) is 52.8 Å². The molecule has 3 aromatic carbocycles. The van der Waals surface area contributed by atoms with E-state index >= 15 is 0 Å². The first kappa shape index (κ1) is 31.0. The number of amides is 1. The lowest BCUT2D eigenvalue weighted by atomic mass is 9.97. The summed E-state index contributed by atoms with van der Waals surface area (Å²) < 4.78 is 10.9. The smallest absolute Gasteiger partial charge is 0.415 e. The molecule has 1 atom stereocenters. The molecule has 0 aliphatic carbocycles. The van der Waals surface area contributed by atoms with E-state index in [0.717, 1.165) is 16.0 Å². The maximum atomic E-state index is 12.6. The third kappa shape index (κ3) is 8.26. The first-order valence-corrected chi connectivity index (χ1v) is 14.4. The molecule has 1 fully saturated rings. The Morgan fingerprint density at radius 2 is 1.57 bits per heavy atom. The molecule has 1 aliphatic heterocycles. The van der Waals surface area contributed by atoms with Gasteiger partial charge in [-0.15, -0.1) is 11.8 Å². The molecule has 4 rings (SSSR count).